The molecule has 2 rings (SSSR count). The van der Waals surface area contributed by atoms with Crippen molar-refractivity contribution in [3.05, 3.63) is 41.2 Å². The van der Waals surface area contributed by atoms with Crippen LogP contribution >= 0.6 is 11.6 Å². The van der Waals surface area contributed by atoms with E-state index in [1.807, 2.05) is 37.3 Å². The Hall–Kier alpha value is -1.28. The minimum atomic E-state index is 0.351. The minimum absolute atomic E-state index is 0.351. The summed E-state index contributed by atoms with van der Waals surface area (Å²) in [7, 11) is 0. The van der Waals surface area contributed by atoms with E-state index in [-0.39, 0.29) is 0 Å². The molecule has 0 aliphatic rings. The van der Waals surface area contributed by atoms with Gasteiger partial charge in [0.15, 0.2) is 0 Å². The first-order valence-corrected chi connectivity index (χ1v) is 4.34. The van der Waals surface area contributed by atoms with Gasteiger partial charge in [-0.15, -0.1) is 0 Å². The second-order valence-electron chi connectivity index (χ2n) is 2.78. The van der Waals surface area contributed by atoms with Crippen LogP contribution in [0.5, 0.6) is 0 Å². The molecule has 0 saturated heterocycles. The van der Waals surface area contributed by atoms with Gasteiger partial charge in [-0.25, -0.2) is 0 Å². The molecular weight excluding hydrogens is 186 g/mol. The van der Waals surface area contributed by atoms with E-state index in [1.165, 1.54) is 0 Å². The lowest BCUT2D eigenvalue weighted by molar-refractivity contribution is 0.417. The molecule has 0 aliphatic carbocycles. The van der Waals surface area contributed by atoms with E-state index in [0.29, 0.717) is 5.22 Å². The van der Waals surface area contributed by atoms with Crippen molar-refractivity contribution in [2.75, 3.05) is 0 Å². The normalized spacial score (nSPS) is 10.3. The molecule has 0 unspecified atom stereocenters. The molecule has 0 bridgehead atoms. The molecule has 2 nitrogen and oxygen atoms in total. The van der Waals surface area contributed by atoms with Crippen molar-refractivity contribution in [1.29, 1.82) is 0 Å². The monoisotopic (exact) mass is 193 g/mol. The predicted octanol–water partition coefficient (Wildman–Crippen LogP) is 3.30. The molecule has 0 spiro atoms. The highest BCUT2D eigenvalue weighted by molar-refractivity contribution is 6.31. The number of hydrogen-bond acceptors (Lipinski definition) is 2. The number of rotatable bonds is 1. The van der Waals surface area contributed by atoms with Gasteiger partial charge < -0.3 is 4.52 Å². The number of hydrogen-bond donors (Lipinski definition) is 0. The average Bonchev–Trinajstić information content (AvgIpc) is 2.48. The van der Waals surface area contributed by atoms with Crippen LogP contribution in [0.1, 0.15) is 5.69 Å². The molecule has 3 heteroatoms. The summed E-state index contributed by atoms with van der Waals surface area (Å²) in [6.45, 7) is 1.87. The molecule has 0 radical (unpaired) electrons. The van der Waals surface area contributed by atoms with E-state index in [0.717, 1.165) is 16.8 Å². The number of nitrogens with zero attached hydrogens (tertiary/aromatic N) is 1. The highest BCUT2D eigenvalue weighted by Crippen LogP contribution is 2.30. The third kappa shape index (κ3) is 1.45. The van der Waals surface area contributed by atoms with E-state index in [2.05, 4.69) is 5.16 Å². The minimum Gasteiger partial charge on any atom is -0.343 e. The lowest BCUT2D eigenvalue weighted by Gasteiger charge is -1.96. The van der Waals surface area contributed by atoms with E-state index in [1.54, 1.807) is 0 Å². The molecule has 2 aromatic rings. The van der Waals surface area contributed by atoms with Crippen LogP contribution in [0.15, 0.2) is 34.9 Å². The summed E-state index contributed by atoms with van der Waals surface area (Å²) in [5.74, 6) is 0. The second-order valence-corrected chi connectivity index (χ2v) is 3.13. The quantitative estimate of drug-likeness (QED) is 0.695. The zero-order chi connectivity index (χ0) is 9.26. The SMILES string of the molecule is Cc1noc(Cl)c1-c1ccccc1. The third-order valence-electron chi connectivity index (χ3n) is 1.88. The summed E-state index contributed by atoms with van der Waals surface area (Å²) in [6, 6.07) is 9.83. The molecular formula is C10H8ClNO. The maximum atomic E-state index is 5.85. The van der Waals surface area contributed by atoms with Gasteiger partial charge in [-0.05, 0) is 24.1 Å². The van der Waals surface area contributed by atoms with Crippen LogP contribution in [0.4, 0.5) is 0 Å². The fourth-order valence-electron chi connectivity index (χ4n) is 1.27. The largest absolute Gasteiger partial charge is 0.343 e. The Bertz CT molecular complexity index is 389. The molecule has 0 saturated carbocycles. The molecule has 0 amide bonds. The molecule has 0 N–H and O–H groups in total. The van der Waals surface area contributed by atoms with Crippen molar-refractivity contribution in [2.45, 2.75) is 6.92 Å². The predicted molar refractivity (Wildman–Crippen MR) is 51.7 cm³/mol. The van der Waals surface area contributed by atoms with Crippen LogP contribution in [0, 0.1) is 6.92 Å². The van der Waals surface area contributed by atoms with Crippen molar-refractivity contribution in [3.8, 4) is 11.1 Å². The van der Waals surface area contributed by atoms with Gasteiger partial charge in [-0.2, -0.15) is 0 Å². The van der Waals surface area contributed by atoms with Gasteiger partial charge in [-0.3, -0.25) is 0 Å². The van der Waals surface area contributed by atoms with Crippen LogP contribution in [0.2, 0.25) is 5.22 Å². The lowest BCUT2D eigenvalue weighted by Crippen LogP contribution is -1.78. The number of aryl methyl sites for hydroxylation is 1. The van der Waals surface area contributed by atoms with Gasteiger partial charge in [0.2, 0.25) is 5.22 Å². The summed E-state index contributed by atoms with van der Waals surface area (Å²) in [6.07, 6.45) is 0. The highest BCUT2D eigenvalue weighted by atomic mass is 35.5. The molecule has 13 heavy (non-hydrogen) atoms. The van der Waals surface area contributed by atoms with E-state index >= 15 is 0 Å². The Morgan fingerprint density at radius 2 is 1.92 bits per heavy atom. The third-order valence-corrected chi connectivity index (χ3v) is 2.14. The van der Waals surface area contributed by atoms with E-state index in [4.69, 9.17) is 16.1 Å². The summed E-state index contributed by atoms with van der Waals surface area (Å²) in [5, 5.41) is 4.14. The Kier molecular flexibility index (Phi) is 2.07. The Morgan fingerprint density at radius 3 is 2.46 bits per heavy atom. The van der Waals surface area contributed by atoms with Gasteiger partial charge in [0.25, 0.3) is 0 Å². The van der Waals surface area contributed by atoms with Crippen LogP contribution in [-0.4, -0.2) is 5.16 Å². The van der Waals surface area contributed by atoms with Crippen LogP contribution < -0.4 is 0 Å². The van der Waals surface area contributed by atoms with Crippen molar-refractivity contribution in [1.82, 2.24) is 5.16 Å². The topological polar surface area (TPSA) is 26.0 Å². The average molecular weight is 194 g/mol. The van der Waals surface area contributed by atoms with Crippen molar-refractivity contribution in [2.24, 2.45) is 0 Å². The number of benzene rings is 1. The molecule has 1 aromatic heterocycles. The van der Waals surface area contributed by atoms with Gasteiger partial charge in [0.05, 0.1) is 11.3 Å². The first-order valence-electron chi connectivity index (χ1n) is 3.96. The van der Waals surface area contributed by atoms with Gasteiger partial charge in [-0.1, -0.05) is 35.5 Å². The molecule has 1 heterocycles. The van der Waals surface area contributed by atoms with Crippen molar-refractivity contribution < 1.29 is 4.52 Å². The molecule has 0 fully saturated rings. The fourth-order valence-corrected chi connectivity index (χ4v) is 1.55. The maximum Gasteiger partial charge on any atom is 0.234 e. The molecule has 0 aliphatic heterocycles. The van der Waals surface area contributed by atoms with E-state index < -0.39 is 0 Å². The Balaban J connectivity index is 2.59. The molecule has 66 valence electrons. The Morgan fingerprint density at radius 1 is 1.23 bits per heavy atom. The van der Waals surface area contributed by atoms with Crippen molar-refractivity contribution >= 4 is 11.6 Å². The fraction of sp³-hybridized carbons (Fsp3) is 0.100. The Labute approximate surface area is 81.1 Å². The van der Waals surface area contributed by atoms with Crippen LogP contribution in [0.25, 0.3) is 11.1 Å². The summed E-state index contributed by atoms with van der Waals surface area (Å²) >= 11 is 5.85. The summed E-state index contributed by atoms with van der Waals surface area (Å²) < 4.78 is 4.87. The lowest BCUT2D eigenvalue weighted by atomic mass is 10.1. The highest BCUT2D eigenvalue weighted by Gasteiger charge is 2.11. The smallest absolute Gasteiger partial charge is 0.234 e. The summed E-state index contributed by atoms with van der Waals surface area (Å²) in [5.41, 5.74) is 2.73. The van der Waals surface area contributed by atoms with Gasteiger partial charge >= 0.3 is 0 Å². The second kappa shape index (κ2) is 3.23. The standard InChI is InChI=1S/C10H8ClNO/c1-7-9(10(11)13-12-7)8-5-3-2-4-6-8/h2-6H,1H3. The maximum absolute atomic E-state index is 5.85. The number of halogens is 1. The number of aromatic nitrogens is 1. The zero-order valence-electron chi connectivity index (χ0n) is 7.12. The zero-order valence-corrected chi connectivity index (χ0v) is 7.88. The first kappa shape index (κ1) is 8.32. The van der Waals surface area contributed by atoms with Crippen LogP contribution in [0.3, 0.4) is 0 Å². The van der Waals surface area contributed by atoms with Gasteiger partial charge in [0.1, 0.15) is 0 Å². The van der Waals surface area contributed by atoms with Gasteiger partial charge in [0, 0.05) is 0 Å². The first-order chi connectivity index (χ1) is 6.29. The molecule has 1 aromatic carbocycles. The molecule has 0 atom stereocenters. The van der Waals surface area contributed by atoms with Crippen molar-refractivity contribution in [3.63, 3.8) is 0 Å². The summed E-state index contributed by atoms with van der Waals surface area (Å²) in [4.78, 5) is 0. The van der Waals surface area contributed by atoms with Crippen LogP contribution in [-0.2, 0) is 0 Å². The van der Waals surface area contributed by atoms with E-state index in [9.17, 15) is 0 Å².